The van der Waals surface area contributed by atoms with Crippen LogP contribution in [0.1, 0.15) is 25.7 Å². The lowest BCUT2D eigenvalue weighted by molar-refractivity contribution is 0.254. The van der Waals surface area contributed by atoms with Crippen LogP contribution >= 0.6 is 21.0 Å². The maximum absolute atomic E-state index is 12.4. The minimum Gasteiger partial charge on any atom is -0.328 e. The van der Waals surface area contributed by atoms with E-state index in [1.165, 1.54) is 0 Å². The molecular weight excluding hydrogens is 457 g/mol. The van der Waals surface area contributed by atoms with E-state index in [4.69, 9.17) is 10.7 Å². The first-order chi connectivity index (χ1) is 13.2. The first-order valence-corrected chi connectivity index (χ1v) is 11.2. The van der Waals surface area contributed by atoms with E-state index in [1.54, 1.807) is 0 Å². The average Bonchev–Trinajstić information content (AvgIpc) is 3.13. The van der Waals surface area contributed by atoms with Crippen molar-refractivity contribution in [1.29, 1.82) is 0 Å². The number of amidine groups is 2. The Morgan fingerprint density at radius 2 is 2.00 bits per heavy atom. The third-order valence-electron chi connectivity index (χ3n) is 4.60. The van der Waals surface area contributed by atoms with Crippen molar-refractivity contribution < 1.29 is 4.79 Å². The largest absolute Gasteiger partial charge is 0.328 e. The van der Waals surface area contributed by atoms with Gasteiger partial charge in [0, 0.05) is 38.8 Å². The third kappa shape index (κ3) is 4.53. The average molecular weight is 479 g/mol. The van der Waals surface area contributed by atoms with E-state index in [-0.39, 0.29) is 12.1 Å². The molecule has 1 aliphatic carbocycles. The molecule has 8 nitrogen and oxygen atoms in total. The summed E-state index contributed by atoms with van der Waals surface area (Å²) >= 11 is -0.417. The number of para-hydroxylation sites is 1. The lowest BCUT2D eigenvalue weighted by Crippen LogP contribution is -2.51. The van der Waals surface area contributed by atoms with Gasteiger partial charge in [-0.2, -0.15) is 3.21 Å². The van der Waals surface area contributed by atoms with Gasteiger partial charge in [-0.1, -0.05) is 18.2 Å². The highest BCUT2D eigenvalue weighted by Crippen LogP contribution is 2.22. The lowest BCUT2D eigenvalue weighted by Gasteiger charge is -2.29. The van der Waals surface area contributed by atoms with Crippen molar-refractivity contribution in [3.8, 4) is 0 Å². The number of nitrogens with two attached hydrogens (primary N) is 1. The van der Waals surface area contributed by atoms with Crippen LogP contribution in [0.15, 0.2) is 50.3 Å². The fourth-order valence-electron chi connectivity index (χ4n) is 3.20. The summed E-state index contributed by atoms with van der Waals surface area (Å²) in [6, 6.07) is 9.61. The Kier molecular flexibility index (Phi) is 5.48. The molecule has 0 bridgehead atoms. The number of hydrazine groups is 1. The van der Waals surface area contributed by atoms with Crippen molar-refractivity contribution in [3.05, 3.63) is 42.1 Å². The van der Waals surface area contributed by atoms with Gasteiger partial charge in [0.2, 0.25) is 0 Å². The molecule has 0 saturated heterocycles. The first kappa shape index (κ1) is 18.1. The Labute approximate surface area is 168 Å². The van der Waals surface area contributed by atoms with E-state index in [9.17, 15) is 4.79 Å². The zero-order valence-electron chi connectivity index (χ0n) is 14.7. The summed E-state index contributed by atoms with van der Waals surface area (Å²) in [5.41, 5.74) is 10.6. The van der Waals surface area contributed by atoms with Crippen molar-refractivity contribution in [2.24, 2.45) is 13.9 Å². The monoisotopic (exact) mass is 479 g/mol. The Hall–Kier alpha value is -2.27. The number of hydrogen-bond acceptors (Lipinski definition) is 5. The van der Waals surface area contributed by atoms with E-state index in [2.05, 4.69) is 19.3 Å². The summed E-state index contributed by atoms with van der Waals surface area (Å²) in [5.74, 6) is 1.47. The van der Waals surface area contributed by atoms with Gasteiger partial charge in [-0.25, -0.2) is 9.80 Å². The maximum Gasteiger partial charge on any atom is 0.323 e. The summed E-state index contributed by atoms with van der Waals surface area (Å²) in [6.45, 7) is 0. The van der Waals surface area contributed by atoms with Crippen molar-refractivity contribution in [2.75, 3.05) is 5.32 Å². The van der Waals surface area contributed by atoms with Crippen LogP contribution < -0.4 is 21.8 Å². The van der Waals surface area contributed by atoms with Gasteiger partial charge in [0.05, 0.1) is 15.9 Å². The van der Waals surface area contributed by atoms with Crippen LogP contribution in [0.5, 0.6) is 0 Å². The predicted octanol–water partition coefficient (Wildman–Crippen LogP) is 2.24. The second-order valence-corrected chi connectivity index (χ2v) is 8.27. The van der Waals surface area contributed by atoms with Crippen molar-refractivity contribution in [3.63, 3.8) is 0 Å². The standard InChI is InChI=1S/C18H22IN7O/c20-12-6-8-14(9-7-12)21-16-10-15(17-24-19-11-26(17)25-16)23-18(27)22-13-4-2-1-3-5-13/h1-5,10-12,14H,6-9,20H2,(H,21,25)(H2,22,23,27). The molecule has 142 valence electrons. The maximum atomic E-state index is 12.4. The number of nitrogens with one attached hydrogen (secondary N) is 3. The molecule has 0 radical (unpaired) electrons. The number of urea groups is 1. The SMILES string of the molecule is NC1CCC(N=C2C=C(NC(=O)Nc3ccccc3)C3=NI=CN3N2)CC1. The highest BCUT2D eigenvalue weighted by atomic mass is 127. The molecule has 2 amide bonds. The molecule has 1 aromatic carbocycles. The summed E-state index contributed by atoms with van der Waals surface area (Å²) in [4.78, 5) is 17.2. The van der Waals surface area contributed by atoms with Crippen LogP contribution in [-0.2, 0) is 0 Å². The molecule has 0 atom stereocenters. The summed E-state index contributed by atoms with van der Waals surface area (Å²) in [7, 11) is 0. The molecule has 1 aromatic rings. The Morgan fingerprint density at radius 1 is 1.22 bits per heavy atom. The van der Waals surface area contributed by atoms with Crippen LogP contribution in [0, 0.1) is 0 Å². The molecule has 0 unspecified atom stereocenters. The smallest absolute Gasteiger partial charge is 0.323 e. The van der Waals surface area contributed by atoms with Gasteiger partial charge >= 0.3 is 6.03 Å². The van der Waals surface area contributed by atoms with E-state index >= 15 is 0 Å². The number of hydrogen-bond donors (Lipinski definition) is 4. The van der Waals surface area contributed by atoms with Crippen LogP contribution in [-0.4, -0.2) is 38.9 Å². The van der Waals surface area contributed by atoms with E-state index in [0.29, 0.717) is 11.7 Å². The zero-order valence-corrected chi connectivity index (χ0v) is 16.9. The molecule has 3 aliphatic rings. The van der Waals surface area contributed by atoms with Crippen molar-refractivity contribution in [1.82, 2.24) is 15.8 Å². The number of aliphatic imine (C=N–C) groups is 1. The third-order valence-corrected chi connectivity index (χ3v) is 6.14. The van der Waals surface area contributed by atoms with Gasteiger partial charge in [-0.15, -0.1) is 0 Å². The van der Waals surface area contributed by atoms with Gasteiger partial charge in [-0.3, -0.25) is 10.4 Å². The highest BCUT2D eigenvalue weighted by molar-refractivity contribution is 14.2. The van der Waals surface area contributed by atoms with E-state index in [1.807, 2.05) is 45.6 Å². The van der Waals surface area contributed by atoms with E-state index in [0.717, 1.165) is 43.0 Å². The van der Waals surface area contributed by atoms with Gasteiger partial charge in [0.25, 0.3) is 0 Å². The van der Waals surface area contributed by atoms with Crippen molar-refractivity contribution in [2.45, 2.75) is 37.8 Å². The second-order valence-electron chi connectivity index (χ2n) is 6.67. The first-order valence-electron chi connectivity index (χ1n) is 8.96. The summed E-state index contributed by atoms with van der Waals surface area (Å²) in [6.07, 6.45) is 5.86. The van der Waals surface area contributed by atoms with Gasteiger partial charge in [0.1, 0.15) is 5.84 Å². The molecule has 2 aliphatic heterocycles. The molecule has 2 heterocycles. The molecule has 1 saturated carbocycles. The lowest BCUT2D eigenvalue weighted by atomic mass is 9.92. The van der Waals surface area contributed by atoms with Crippen LogP contribution in [0.3, 0.4) is 0 Å². The number of carbonyl (C=O) groups is 1. The predicted molar refractivity (Wildman–Crippen MR) is 117 cm³/mol. The van der Waals surface area contributed by atoms with Gasteiger partial charge < -0.3 is 16.4 Å². The normalized spacial score (nSPS) is 25.7. The number of fused-ring (bicyclic) bond motifs is 1. The number of nitrogens with zero attached hydrogens (tertiary/aromatic N) is 3. The molecule has 4 rings (SSSR count). The van der Waals surface area contributed by atoms with Crippen molar-refractivity contribution >= 4 is 48.5 Å². The fourth-order valence-corrected chi connectivity index (χ4v) is 4.73. The molecule has 27 heavy (non-hydrogen) atoms. The van der Waals surface area contributed by atoms with Crippen LogP contribution in [0.4, 0.5) is 10.5 Å². The molecule has 1 fully saturated rings. The number of anilines is 1. The molecular formula is C18H22IN7O. The molecule has 0 spiro atoms. The van der Waals surface area contributed by atoms with E-state index < -0.39 is 21.0 Å². The molecule has 5 N–H and O–H groups in total. The molecule has 0 aromatic heterocycles. The summed E-state index contributed by atoms with van der Waals surface area (Å²) in [5, 5.41) is 7.60. The minimum absolute atomic E-state index is 0.263. The van der Waals surface area contributed by atoms with Gasteiger partial charge in [0.15, 0.2) is 5.84 Å². The van der Waals surface area contributed by atoms with Crippen LogP contribution in [0.2, 0.25) is 0 Å². The quantitative estimate of drug-likeness (QED) is 0.499. The molecule has 9 heteroatoms. The highest BCUT2D eigenvalue weighted by Gasteiger charge is 2.27. The van der Waals surface area contributed by atoms with Gasteiger partial charge in [-0.05, 0) is 37.8 Å². The fraction of sp³-hybridized carbons (Fsp3) is 0.333. The van der Waals surface area contributed by atoms with Crippen LogP contribution in [0.25, 0.3) is 0 Å². The topological polar surface area (TPSA) is 107 Å². The number of benzene rings is 1. The Balaban J connectivity index is 1.48. The second kappa shape index (κ2) is 8.17. The number of carbonyl (C=O) groups excluding carboxylic acids is 1. The Bertz CT molecular complexity index is 825. The summed E-state index contributed by atoms with van der Waals surface area (Å²) < 4.78 is 6.57. The number of amides is 2. The number of rotatable bonds is 3. The Morgan fingerprint density at radius 3 is 2.78 bits per heavy atom. The minimum atomic E-state index is -0.417. The number of halogens is 1. The zero-order chi connectivity index (χ0) is 18.6.